The molecule has 0 atom stereocenters. The van der Waals surface area contributed by atoms with Gasteiger partial charge in [-0.1, -0.05) is 0 Å². The second kappa shape index (κ2) is 3.72. The molecule has 0 aromatic heterocycles. The lowest BCUT2D eigenvalue weighted by Gasteiger charge is -2.10. The molecule has 1 rings (SSSR count). The highest BCUT2D eigenvalue weighted by atomic mass is 31.2. The van der Waals surface area contributed by atoms with Gasteiger partial charge in [0.1, 0.15) is 0 Å². The molecule has 15 heavy (non-hydrogen) atoms. The molecule has 0 saturated heterocycles. The van der Waals surface area contributed by atoms with Gasteiger partial charge in [-0.15, -0.1) is 0 Å². The number of rotatable bonds is 2. The molecule has 0 unspecified atom stereocenters. The summed E-state index contributed by atoms with van der Waals surface area (Å²) in [6.45, 7) is 0. The van der Waals surface area contributed by atoms with Gasteiger partial charge in [-0.05, 0) is 18.2 Å². The molecule has 84 valence electrons. The molecule has 1 aromatic carbocycles. The lowest BCUT2D eigenvalue weighted by Crippen LogP contribution is -2.17. The van der Waals surface area contributed by atoms with E-state index in [0.29, 0.717) is 0 Å². The lowest BCUT2D eigenvalue weighted by atomic mass is 10.3. The Labute approximate surface area is 84.9 Å². The number of nitrogen functional groups attached to an aromatic ring is 1. The monoisotopic (exact) mass is 253 g/mol. The van der Waals surface area contributed by atoms with Crippen LogP contribution in [0.2, 0.25) is 0 Å². The molecular formula is C6H9NO6P2. The molecule has 0 radical (unpaired) electrons. The fourth-order valence-electron chi connectivity index (χ4n) is 0.966. The van der Waals surface area contributed by atoms with Crippen molar-refractivity contribution in [3.8, 4) is 0 Å². The first-order valence-corrected chi connectivity index (χ1v) is 6.86. The van der Waals surface area contributed by atoms with Crippen LogP contribution in [0.4, 0.5) is 5.69 Å². The van der Waals surface area contributed by atoms with Gasteiger partial charge in [-0.2, -0.15) is 0 Å². The van der Waals surface area contributed by atoms with E-state index < -0.39 is 25.8 Å². The van der Waals surface area contributed by atoms with Crippen molar-refractivity contribution in [1.82, 2.24) is 0 Å². The van der Waals surface area contributed by atoms with E-state index in [2.05, 4.69) is 0 Å². The predicted octanol–water partition coefficient (Wildman–Crippen LogP) is -1.13. The molecule has 0 amide bonds. The second-order valence-corrected chi connectivity index (χ2v) is 6.01. The normalized spacial score (nSPS) is 12.8. The SMILES string of the molecule is Nc1ccc(P(=O)(O)O)cc1P(=O)(O)O. The van der Waals surface area contributed by atoms with E-state index in [0.717, 1.165) is 18.2 Å². The van der Waals surface area contributed by atoms with Crippen LogP contribution in [0.5, 0.6) is 0 Å². The predicted molar refractivity (Wildman–Crippen MR) is 54.2 cm³/mol. The highest BCUT2D eigenvalue weighted by molar-refractivity contribution is 7.62. The van der Waals surface area contributed by atoms with Crippen molar-refractivity contribution in [2.45, 2.75) is 0 Å². The Morgan fingerprint density at radius 2 is 1.53 bits per heavy atom. The van der Waals surface area contributed by atoms with E-state index in [-0.39, 0.29) is 5.69 Å². The Bertz CT molecular complexity index is 475. The molecule has 0 aliphatic rings. The Morgan fingerprint density at radius 1 is 1.00 bits per heavy atom. The van der Waals surface area contributed by atoms with Crippen molar-refractivity contribution >= 4 is 31.5 Å². The first-order chi connectivity index (χ1) is 6.62. The second-order valence-electron chi connectivity index (χ2n) is 2.83. The highest BCUT2D eigenvalue weighted by Crippen LogP contribution is 2.38. The molecule has 6 N–H and O–H groups in total. The summed E-state index contributed by atoms with van der Waals surface area (Å²) < 4.78 is 21.7. The molecule has 0 heterocycles. The summed E-state index contributed by atoms with van der Waals surface area (Å²) in [5, 5.41) is -1.06. The van der Waals surface area contributed by atoms with Crippen LogP contribution in [-0.4, -0.2) is 19.6 Å². The van der Waals surface area contributed by atoms with Gasteiger partial charge in [0.2, 0.25) is 0 Å². The highest BCUT2D eigenvalue weighted by Gasteiger charge is 2.25. The Kier molecular flexibility index (Phi) is 3.07. The quantitative estimate of drug-likeness (QED) is 0.332. The summed E-state index contributed by atoms with van der Waals surface area (Å²) in [6, 6.07) is 2.79. The number of benzene rings is 1. The third kappa shape index (κ3) is 2.89. The fourth-order valence-corrected chi connectivity index (χ4v) is 2.35. The first-order valence-electron chi connectivity index (χ1n) is 3.64. The van der Waals surface area contributed by atoms with Gasteiger partial charge in [-0.3, -0.25) is 9.13 Å². The van der Waals surface area contributed by atoms with Crippen LogP contribution in [0.15, 0.2) is 18.2 Å². The number of anilines is 1. The molecule has 0 aliphatic carbocycles. The zero-order valence-electron chi connectivity index (χ0n) is 7.31. The minimum atomic E-state index is -4.62. The number of hydrogen-bond acceptors (Lipinski definition) is 3. The van der Waals surface area contributed by atoms with E-state index >= 15 is 0 Å². The topological polar surface area (TPSA) is 141 Å². The van der Waals surface area contributed by atoms with Gasteiger partial charge in [0.25, 0.3) is 0 Å². The molecule has 0 saturated carbocycles. The average Bonchev–Trinajstić information content (AvgIpc) is 2.00. The van der Waals surface area contributed by atoms with Gasteiger partial charge < -0.3 is 25.3 Å². The molecule has 7 nitrogen and oxygen atoms in total. The van der Waals surface area contributed by atoms with Crippen LogP contribution in [-0.2, 0) is 9.13 Å². The summed E-state index contributed by atoms with van der Waals surface area (Å²) in [5.41, 5.74) is 5.07. The summed E-state index contributed by atoms with van der Waals surface area (Å²) in [6.07, 6.45) is 0. The van der Waals surface area contributed by atoms with Crippen molar-refractivity contribution in [1.29, 1.82) is 0 Å². The van der Waals surface area contributed by atoms with Crippen LogP contribution in [0.3, 0.4) is 0 Å². The molecule has 9 heteroatoms. The molecule has 0 bridgehead atoms. The van der Waals surface area contributed by atoms with Crippen LogP contribution in [0, 0.1) is 0 Å². The van der Waals surface area contributed by atoms with E-state index in [1.807, 2.05) is 0 Å². The molecule has 0 fully saturated rings. The summed E-state index contributed by atoms with van der Waals surface area (Å²) in [7, 11) is -9.15. The van der Waals surface area contributed by atoms with Gasteiger partial charge in [-0.25, -0.2) is 0 Å². The van der Waals surface area contributed by atoms with E-state index in [4.69, 9.17) is 25.3 Å². The minimum Gasteiger partial charge on any atom is -0.398 e. The molecular weight excluding hydrogens is 244 g/mol. The van der Waals surface area contributed by atoms with Gasteiger partial charge in [0, 0.05) is 5.69 Å². The van der Waals surface area contributed by atoms with E-state index in [1.54, 1.807) is 0 Å². The van der Waals surface area contributed by atoms with E-state index in [1.165, 1.54) is 0 Å². The van der Waals surface area contributed by atoms with Crippen LogP contribution in [0.1, 0.15) is 0 Å². The fraction of sp³-hybridized carbons (Fsp3) is 0. The Balaban J connectivity index is 3.43. The smallest absolute Gasteiger partial charge is 0.358 e. The zero-order chi connectivity index (χ0) is 11.9. The number of hydrogen-bond donors (Lipinski definition) is 5. The molecule has 0 aliphatic heterocycles. The largest absolute Gasteiger partial charge is 0.398 e. The minimum absolute atomic E-state index is 0.208. The first kappa shape index (κ1) is 12.4. The maximum absolute atomic E-state index is 10.9. The summed E-state index contributed by atoms with van der Waals surface area (Å²) in [4.78, 5) is 35.3. The summed E-state index contributed by atoms with van der Waals surface area (Å²) in [5.74, 6) is 0. The zero-order valence-corrected chi connectivity index (χ0v) is 9.10. The average molecular weight is 253 g/mol. The van der Waals surface area contributed by atoms with Crippen LogP contribution >= 0.6 is 15.2 Å². The molecule has 0 spiro atoms. The van der Waals surface area contributed by atoms with Gasteiger partial charge in [0.05, 0.1) is 10.6 Å². The standard InChI is InChI=1S/C6H9NO6P2/c7-5-2-1-4(14(8,9)10)3-6(5)15(11,12)13/h1-3H,7H2,(H2,8,9,10)(H2,11,12,13). The maximum Gasteiger partial charge on any atom is 0.358 e. The number of nitrogens with two attached hydrogens (primary N) is 1. The van der Waals surface area contributed by atoms with Crippen molar-refractivity contribution in [2.24, 2.45) is 0 Å². The van der Waals surface area contributed by atoms with Crippen molar-refractivity contribution in [2.75, 3.05) is 5.73 Å². The third-order valence-electron chi connectivity index (χ3n) is 1.66. The van der Waals surface area contributed by atoms with E-state index in [9.17, 15) is 9.13 Å². The van der Waals surface area contributed by atoms with Crippen molar-refractivity contribution in [3.63, 3.8) is 0 Å². The Morgan fingerprint density at radius 3 is 1.93 bits per heavy atom. The maximum atomic E-state index is 10.9. The third-order valence-corrected chi connectivity index (χ3v) is 3.63. The van der Waals surface area contributed by atoms with Crippen LogP contribution < -0.4 is 16.3 Å². The van der Waals surface area contributed by atoms with Gasteiger partial charge in [0.15, 0.2) is 0 Å². The lowest BCUT2D eigenvalue weighted by molar-refractivity contribution is 0.386. The molecule has 1 aromatic rings. The van der Waals surface area contributed by atoms with Crippen molar-refractivity contribution in [3.05, 3.63) is 18.2 Å². The van der Waals surface area contributed by atoms with Crippen molar-refractivity contribution < 1.29 is 28.7 Å². The van der Waals surface area contributed by atoms with Crippen LogP contribution in [0.25, 0.3) is 0 Å². The van der Waals surface area contributed by atoms with Gasteiger partial charge >= 0.3 is 15.2 Å². The summed E-state index contributed by atoms with van der Waals surface area (Å²) >= 11 is 0. The Hall–Kier alpha value is -0.680.